The molecular formula is C34H31N3O7S2. The number of rotatable bonds is 9. The highest BCUT2D eigenvalue weighted by Crippen LogP contribution is 2.40. The molecule has 2 heterocycles. The predicted molar refractivity (Wildman–Crippen MR) is 179 cm³/mol. The number of aliphatic imine (C=N–C) groups is 1. The van der Waals surface area contributed by atoms with Crippen molar-refractivity contribution < 1.29 is 27.8 Å². The first-order valence-corrected chi connectivity index (χ1v) is 17.0. The lowest BCUT2D eigenvalue weighted by molar-refractivity contribution is 0.0526. The summed E-state index contributed by atoms with van der Waals surface area (Å²) >= 11 is 1.43. The minimum Gasteiger partial charge on any atom is -0.495 e. The second-order valence-corrected chi connectivity index (χ2v) is 13.4. The Hall–Kier alpha value is -4.94. The molecule has 0 amide bonds. The van der Waals surface area contributed by atoms with Crippen LogP contribution in [0.3, 0.4) is 0 Å². The minimum atomic E-state index is -4.12. The molecule has 6 rings (SSSR count). The van der Waals surface area contributed by atoms with E-state index in [0.29, 0.717) is 27.1 Å². The first-order valence-electron chi connectivity index (χ1n) is 14.7. The zero-order valence-corrected chi connectivity index (χ0v) is 26.8. The van der Waals surface area contributed by atoms with Crippen LogP contribution >= 0.6 is 11.3 Å². The third-order valence-corrected chi connectivity index (χ3v) is 10.3. The number of anilines is 1. The number of aryl methyl sites for hydroxylation is 1. The summed E-state index contributed by atoms with van der Waals surface area (Å²) < 4.78 is 41.0. The summed E-state index contributed by atoms with van der Waals surface area (Å²) in [6, 6.07) is 19.1. The number of nitrogens with one attached hydrogen (secondary N) is 1. The van der Waals surface area contributed by atoms with Crippen molar-refractivity contribution in [1.82, 2.24) is 4.57 Å². The van der Waals surface area contributed by atoms with Crippen molar-refractivity contribution >= 4 is 55.0 Å². The van der Waals surface area contributed by atoms with Crippen LogP contribution in [-0.2, 0) is 27.6 Å². The number of thiophene rings is 1. The van der Waals surface area contributed by atoms with Crippen molar-refractivity contribution in [3.05, 3.63) is 105 Å². The van der Waals surface area contributed by atoms with Crippen molar-refractivity contribution in [3.8, 4) is 17.3 Å². The van der Waals surface area contributed by atoms with E-state index in [4.69, 9.17) is 9.47 Å². The number of hydrogen-bond donors (Lipinski definition) is 2. The fourth-order valence-corrected chi connectivity index (χ4v) is 7.96. The van der Waals surface area contributed by atoms with Crippen molar-refractivity contribution in [2.75, 3.05) is 18.4 Å². The Morgan fingerprint density at radius 3 is 2.57 bits per heavy atom. The van der Waals surface area contributed by atoms with Gasteiger partial charge in [0.2, 0.25) is 5.88 Å². The summed E-state index contributed by atoms with van der Waals surface area (Å²) in [4.78, 5) is 32.4. The number of hydrogen-bond acceptors (Lipinski definition) is 9. The molecule has 2 N–H and O–H groups in total. The number of sulfonamides is 1. The second-order valence-electron chi connectivity index (χ2n) is 10.6. The molecule has 46 heavy (non-hydrogen) atoms. The molecule has 0 atom stereocenters. The fourth-order valence-electron chi connectivity index (χ4n) is 5.63. The van der Waals surface area contributed by atoms with Crippen molar-refractivity contribution in [2.24, 2.45) is 4.99 Å². The molecular weight excluding hydrogens is 627 g/mol. The summed E-state index contributed by atoms with van der Waals surface area (Å²) in [5.41, 5.74) is 1.46. The Labute approximate surface area is 269 Å². The van der Waals surface area contributed by atoms with Gasteiger partial charge in [0, 0.05) is 21.9 Å². The highest BCUT2D eigenvalue weighted by atomic mass is 32.2. The minimum absolute atomic E-state index is 0.129. The van der Waals surface area contributed by atoms with E-state index in [9.17, 15) is 23.1 Å². The zero-order valence-electron chi connectivity index (χ0n) is 25.1. The molecule has 0 saturated carbocycles. The molecule has 10 nitrogen and oxygen atoms in total. The first-order chi connectivity index (χ1) is 22.2. The average molecular weight is 658 g/mol. The number of aromatic hydroxyl groups is 1. The van der Waals surface area contributed by atoms with Crippen LogP contribution in [0.5, 0.6) is 11.6 Å². The Kier molecular flexibility index (Phi) is 8.65. The molecule has 12 heteroatoms. The number of carbonyl (C=O) groups excluding carboxylic acids is 1. The van der Waals surface area contributed by atoms with Gasteiger partial charge in [-0.05, 0) is 74.6 Å². The monoisotopic (exact) mass is 657 g/mol. The lowest BCUT2D eigenvalue weighted by atomic mass is 9.95. The van der Waals surface area contributed by atoms with E-state index in [1.165, 1.54) is 48.9 Å². The van der Waals surface area contributed by atoms with Crippen LogP contribution in [0.2, 0.25) is 0 Å². The number of methoxy groups -OCH3 is 1. The molecule has 0 aliphatic heterocycles. The van der Waals surface area contributed by atoms with E-state index >= 15 is 0 Å². The number of carbonyl (C=O) groups is 1. The SMILES string of the molecule is CCOC(=O)c1c(/N=C/c2c(O)n(-c3cccc(S(=O)(=O)Nc4ccccc4OC)c3)c(=O)c3ccccc23)sc2c1CCCC2. The highest BCUT2D eigenvalue weighted by Gasteiger charge is 2.27. The van der Waals surface area contributed by atoms with Crippen LogP contribution in [0, 0.1) is 0 Å². The van der Waals surface area contributed by atoms with E-state index in [1.807, 2.05) is 0 Å². The van der Waals surface area contributed by atoms with Crippen molar-refractivity contribution in [3.63, 3.8) is 0 Å². The van der Waals surface area contributed by atoms with Gasteiger partial charge in [0.25, 0.3) is 15.6 Å². The number of para-hydroxylation sites is 2. The lowest BCUT2D eigenvalue weighted by Gasteiger charge is -2.15. The number of pyridine rings is 1. The van der Waals surface area contributed by atoms with E-state index < -0.39 is 27.4 Å². The predicted octanol–water partition coefficient (Wildman–Crippen LogP) is 6.37. The number of benzene rings is 3. The van der Waals surface area contributed by atoms with E-state index in [0.717, 1.165) is 40.7 Å². The van der Waals surface area contributed by atoms with Gasteiger partial charge in [0.05, 0.1) is 41.1 Å². The van der Waals surface area contributed by atoms with Gasteiger partial charge in [0.1, 0.15) is 10.8 Å². The molecule has 1 aliphatic rings. The smallest absolute Gasteiger partial charge is 0.341 e. The van der Waals surface area contributed by atoms with Crippen LogP contribution in [-0.4, -0.2) is 44.0 Å². The third kappa shape index (κ3) is 5.77. The van der Waals surface area contributed by atoms with Crippen LogP contribution in [0.4, 0.5) is 10.7 Å². The molecule has 236 valence electrons. The number of ether oxygens (including phenoxy) is 2. The van der Waals surface area contributed by atoms with Crippen LogP contribution in [0.15, 0.2) is 87.5 Å². The molecule has 5 aromatic rings. The standard InChI is InChI=1S/C34H31N3O7S2/c1-3-44-34(40)30-25-15-6-9-18-29(25)45-31(30)35-20-26-23-13-4-5-14-24(23)32(38)37(33(26)39)21-11-10-12-22(19-21)46(41,42)36-27-16-7-8-17-28(27)43-2/h4-5,7-8,10-14,16-17,19-20,36,39H,3,6,9,15,18H2,1-2H3/b35-20+. The molecule has 3 aromatic carbocycles. The summed E-state index contributed by atoms with van der Waals surface area (Å²) in [7, 11) is -2.68. The van der Waals surface area contributed by atoms with Gasteiger partial charge >= 0.3 is 5.97 Å². The van der Waals surface area contributed by atoms with E-state index in [1.54, 1.807) is 55.5 Å². The first kappa shape index (κ1) is 31.1. The van der Waals surface area contributed by atoms with Gasteiger partial charge < -0.3 is 14.6 Å². The molecule has 0 fully saturated rings. The quantitative estimate of drug-likeness (QED) is 0.139. The van der Waals surface area contributed by atoms with Gasteiger partial charge in [-0.25, -0.2) is 22.8 Å². The summed E-state index contributed by atoms with van der Waals surface area (Å²) in [6.07, 6.45) is 5.06. The average Bonchev–Trinajstić information content (AvgIpc) is 3.43. The molecule has 0 spiro atoms. The van der Waals surface area contributed by atoms with Gasteiger partial charge in [-0.2, -0.15) is 0 Å². The summed E-state index contributed by atoms with van der Waals surface area (Å²) in [5.74, 6) is -0.529. The Bertz CT molecular complexity index is 2170. The fraction of sp³-hybridized carbons (Fsp3) is 0.206. The largest absolute Gasteiger partial charge is 0.495 e. The third-order valence-electron chi connectivity index (χ3n) is 7.78. The van der Waals surface area contributed by atoms with Crippen molar-refractivity contribution in [1.29, 1.82) is 0 Å². The van der Waals surface area contributed by atoms with Gasteiger partial charge in [-0.1, -0.05) is 36.4 Å². The van der Waals surface area contributed by atoms with Gasteiger partial charge in [0.15, 0.2) is 0 Å². The molecule has 2 aromatic heterocycles. The Morgan fingerprint density at radius 1 is 1.04 bits per heavy atom. The Morgan fingerprint density at radius 2 is 1.78 bits per heavy atom. The molecule has 1 aliphatic carbocycles. The molecule has 0 radical (unpaired) electrons. The summed E-state index contributed by atoms with van der Waals surface area (Å²) in [5, 5.41) is 12.8. The van der Waals surface area contributed by atoms with E-state index in [-0.39, 0.29) is 28.4 Å². The maximum absolute atomic E-state index is 13.8. The topological polar surface area (TPSA) is 136 Å². The van der Waals surface area contributed by atoms with Gasteiger partial charge in [-0.3, -0.25) is 9.52 Å². The number of nitrogens with zero attached hydrogens (tertiary/aromatic N) is 2. The van der Waals surface area contributed by atoms with Crippen LogP contribution < -0.4 is 15.0 Å². The zero-order chi connectivity index (χ0) is 32.4. The lowest BCUT2D eigenvalue weighted by Crippen LogP contribution is -2.21. The van der Waals surface area contributed by atoms with Crippen LogP contribution in [0.25, 0.3) is 16.5 Å². The number of aromatic nitrogens is 1. The van der Waals surface area contributed by atoms with E-state index in [2.05, 4.69) is 9.71 Å². The summed E-state index contributed by atoms with van der Waals surface area (Å²) in [6.45, 7) is 1.98. The Balaban J connectivity index is 1.47. The maximum atomic E-state index is 13.8. The van der Waals surface area contributed by atoms with Gasteiger partial charge in [-0.15, -0.1) is 11.3 Å². The maximum Gasteiger partial charge on any atom is 0.341 e. The normalized spacial score (nSPS) is 13.1. The second kappa shape index (κ2) is 12.8. The molecule has 0 bridgehead atoms. The molecule has 0 unspecified atom stereocenters. The van der Waals surface area contributed by atoms with Crippen LogP contribution in [0.1, 0.15) is 46.1 Å². The highest BCUT2D eigenvalue weighted by molar-refractivity contribution is 7.92. The molecule has 0 saturated heterocycles. The number of esters is 1. The van der Waals surface area contributed by atoms with Crippen molar-refractivity contribution in [2.45, 2.75) is 37.5 Å². The number of fused-ring (bicyclic) bond motifs is 2.